The lowest BCUT2D eigenvalue weighted by molar-refractivity contribution is 0.0478. The van der Waals surface area contributed by atoms with Crippen LogP contribution < -0.4 is 0 Å². The molecule has 0 aliphatic carbocycles. The number of fused-ring (bicyclic) bond motifs is 2. The van der Waals surface area contributed by atoms with Crippen molar-refractivity contribution >= 4 is 11.9 Å². The highest BCUT2D eigenvalue weighted by Crippen LogP contribution is 2.31. The molecule has 5 rings (SSSR count). The number of nitrogens with zero attached hydrogens (tertiary/aromatic N) is 2. The molecule has 3 aliphatic rings. The molecule has 180 valence electrons. The zero-order valence-corrected chi connectivity index (χ0v) is 19.5. The fourth-order valence-electron chi connectivity index (χ4n) is 5.30. The van der Waals surface area contributed by atoms with Gasteiger partial charge in [0.1, 0.15) is 13.2 Å². The Morgan fingerprint density at radius 2 is 1.12 bits per heavy atom. The van der Waals surface area contributed by atoms with Crippen LogP contribution in [0.1, 0.15) is 66.3 Å². The summed E-state index contributed by atoms with van der Waals surface area (Å²) in [5, 5.41) is 21.8. The molecule has 1 fully saturated rings. The van der Waals surface area contributed by atoms with Gasteiger partial charge in [0.05, 0.1) is 23.3 Å². The van der Waals surface area contributed by atoms with Gasteiger partial charge in [-0.2, -0.15) is 0 Å². The first-order valence-corrected chi connectivity index (χ1v) is 11.7. The Bertz CT molecular complexity index is 1050. The molecule has 2 N–H and O–H groups in total. The van der Waals surface area contributed by atoms with Gasteiger partial charge in [-0.25, -0.2) is 9.59 Å². The lowest BCUT2D eigenvalue weighted by Crippen LogP contribution is -2.48. The molecule has 8 heteroatoms. The van der Waals surface area contributed by atoms with Crippen molar-refractivity contribution in [1.82, 2.24) is 9.80 Å². The summed E-state index contributed by atoms with van der Waals surface area (Å²) >= 11 is 0. The number of β-amino-alcohol motifs (C(OH)–C–C–N with tert-alkyl or cyclic N) is 2. The monoisotopic (exact) mass is 466 g/mol. The number of carbonyl (C=O) groups excluding carboxylic acids is 2. The van der Waals surface area contributed by atoms with Crippen LogP contribution in [0.5, 0.6) is 0 Å². The average molecular weight is 467 g/mol. The minimum Gasteiger partial charge on any atom is -0.457 e. The standard InChI is InChI=1S/C26H30N2O6/c1-15-17(3-5-19-21(15)13-33-25(19)31)23(29)11-27-7-9-28(10-8-27)12-24(30)18-4-6-20-22(16(18)2)14-34-26(20)32/h3-6,23-24,29-30H,7-14H2,1-2H3/t23-,24-/m0/s1. The maximum atomic E-state index is 11.8. The van der Waals surface area contributed by atoms with E-state index in [4.69, 9.17) is 9.47 Å². The Hall–Kier alpha value is -2.78. The number of piperazine rings is 1. The van der Waals surface area contributed by atoms with Crippen LogP contribution in [0, 0.1) is 13.8 Å². The minimum absolute atomic E-state index is 0.272. The van der Waals surface area contributed by atoms with E-state index in [0.717, 1.165) is 59.6 Å². The minimum atomic E-state index is -0.642. The molecule has 3 heterocycles. The van der Waals surface area contributed by atoms with Crippen molar-refractivity contribution in [2.75, 3.05) is 39.3 Å². The van der Waals surface area contributed by atoms with E-state index < -0.39 is 12.2 Å². The molecule has 0 aromatic heterocycles. The number of aliphatic hydroxyl groups is 2. The molecule has 0 radical (unpaired) electrons. The van der Waals surface area contributed by atoms with Crippen LogP contribution in [0.4, 0.5) is 0 Å². The highest BCUT2D eigenvalue weighted by atomic mass is 16.5. The second-order valence-corrected chi connectivity index (χ2v) is 9.40. The van der Waals surface area contributed by atoms with E-state index in [9.17, 15) is 19.8 Å². The van der Waals surface area contributed by atoms with Gasteiger partial charge >= 0.3 is 11.9 Å². The number of cyclic esters (lactones) is 2. The highest BCUT2D eigenvalue weighted by Gasteiger charge is 2.29. The first kappa shape index (κ1) is 23.0. The zero-order chi connectivity index (χ0) is 24.0. The molecule has 0 unspecified atom stereocenters. The fourth-order valence-corrected chi connectivity index (χ4v) is 5.30. The van der Waals surface area contributed by atoms with Gasteiger partial charge in [0.15, 0.2) is 0 Å². The Morgan fingerprint density at radius 1 is 0.735 bits per heavy atom. The molecule has 34 heavy (non-hydrogen) atoms. The summed E-state index contributed by atoms with van der Waals surface area (Å²) in [5.74, 6) is -0.594. The fraction of sp³-hybridized carbons (Fsp3) is 0.462. The number of rotatable bonds is 6. The van der Waals surface area contributed by atoms with Crippen LogP contribution in [0.15, 0.2) is 24.3 Å². The number of esters is 2. The van der Waals surface area contributed by atoms with E-state index in [1.54, 1.807) is 12.1 Å². The van der Waals surface area contributed by atoms with Crippen molar-refractivity contribution in [3.05, 3.63) is 68.8 Å². The Balaban J connectivity index is 1.16. The lowest BCUT2D eigenvalue weighted by Gasteiger charge is -2.36. The predicted molar refractivity (Wildman–Crippen MR) is 123 cm³/mol. The number of carbonyl (C=O) groups is 2. The smallest absolute Gasteiger partial charge is 0.338 e. The van der Waals surface area contributed by atoms with Gasteiger partial charge in [-0.1, -0.05) is 12.1 Å². The zero-order valence-electron chi connectivity index (χ0n) is 19.5. The van der Waals surface area contributed by atoms with Gasteiger partial charge < -0.3 is 19.7 Å². The van der Waals surface area contributed by atoms with Crippen molar-refractivity contribution in [3.63, 3.8) is 0 Å². The number of hydrogen-bond acceptors (Lipinski definition) is 8. The van der Waals surface area contributed by atoms with Gasteiger partial charge in [0, 0.05) is 50.4 Å². The van der Waals surface area contributed by atoms with Crippen LogP contribution in [0.2, 0.25) is 0 Å². The second kappa shape index (κ2) is 9.11. The topological polar surface area (TPSA) is 99.5 Å². The van der Waals surface area contributed by atoms with E-state index in [0.29, 0.717) is 24.2 Å². The molecule has 8 nitrogen and oxygen atoms in total. The van der Waals surface area contributed by atoms with E-state index in [1.165, 1.54) is 0 Å². The number of ether oxygens (including phenoxy) is 2. The van der Waals surface area contributed by atoms with E-state index in [1.807, 2.05) is 26.0 Å². The van der Waals surface area contributed by atoms with Gasteiger partial charge in [-0.3, -0.25) is 9.80 Å². The summed E-state index contributed by atoms with van der Waals surface area (Å²) in [7, 11) is 0. The molecule has 1 saturated heterocycles. The molecule has 3 aliphatic heterocycles. The van der Waals surface area contributed by atoms with Gasteiger partial charge in [-0.15, -0.1) is 0 Å². The molecule has 0 spiro atoms. The molecule has 0 bridgehead atoms. The summed E-state index contributed by atoms with van der Waals surface area (Å²) in [4.78, 5) is 28.0. The summed E-state index contributed by atoms with van der Waals surface area (Å²) in [6.07, 6.45) is -1.28. The normalized spacial score (nSPS) is 20.0. The van der Waals surface area contributed by atoms with Crippen molar-refractivity contribution < 1.29 is 29.3 Å². The van der Waals surface area contributed by atoms with Crippen LogP contribution in [-0.4, -0.2) is 71.2 Å². The van der Waals surface area contributed by atoms with Gasteiger partial charge in [-0.05, 0) is 48.2 Å². The van der Waals surface area contributed by atoms with Crippen molar-refractivity contribution in [2.24, 2.45) is 0 Å². The first-order valence-electron chi connectivity index (χ1n) is 11.7. The maximum Gasteiger partial charge on any atom is 0.338 e. The third kappa shape index (κ3) is 4.11. The van der Waals surface area contributed by atoms with Crippen molar-refractivity contribution in [3.8, 4) is 0 Å². The Morgan fingerprint density at radius 3 is 1.50 bits per heavy atom. The maximum absolute atomic E-state index is 11.8. The molecule has 0 saturated carbocycles. The highest BCUT2D eigenvalue weighted by molar-refractivity contribution is 5.94. The van der Waals surface area contributed by atoms with Crippen LogP contribution in [-0.2, 0) is 22.7 Å². The van der Waals surface area contributed by atoms with E-state index >= 15 is 0 Å². The quantitative estimate of drug-likeness (QED) is 0.624. The Kier molecular flexibility index (Phi) is 6.16. The number of aliphatic hydroxyl groups excluding tert-OH is 2. The largest absolute Gasteiger partial charge is 0.457 e. The molecular weight excluding hydrogens is 436 g/mol. The molecular formula is C26H30N2O6. The van der Waals surface area contributed by atoms with E-state index in [2.05, 4.69) is 9.80 Å². The van der Waals surface area contributed by atoms with Crippen molar-refractivity contribution in [1.29, 1.82) is 0 Å². The van der Waals surface area contributed by atoms with Crippen LogP contribution in [0.3, 0.4) is 0 Å². The van der Waals surface area contributed by atoms with Crippen LogP contribution in [0.25, 0.3) is 0 Å². The molecule has 2 aromatic carbocycles. The Labute approximate surface area is 198 Å². The van der Waals surface area contributed by atoms with E-state index in [-0.39, 0.29) is 25.2 Å². The number of benzene rings is 2. The average Bonchev–Trinajstić information content (AvgIpc) is 3.39. The lowest BCUT2D eigenvalue weighted by atomic mass is 9.95. The summed E-state index contributed by atoms with van der Waals surface area (Å²) in [6, 6.07) is 7.15. The first-order chi connectivity index (χ1) is 16.3. The number of hydrogen-bond donors (Lipinski definition) is 2. The third-order valence-corrected chi connectivity index (χ3v) is 7.46. The van der Waals surface area contributed by atoms with Gasteiger partial charge in [0.25, 0.3) is 0 Å². The summed E-state index contributed by atoms with van der Waals surface area (Å²) < 4.78 is 10.2. The molecule has 0 amide bonds. The third-order valence-electron chi connectivity index (χ3n) is 7.46. The summed E-state index contributed by atoms with van der Waals surface area (Å²) in [5.41, 5.74) is 6.46. The van der Waals surface area contributed by atoms with Crippen LogP contribution >= 0.6 is 0 Å². The predicted octanol–water partition coefficient (Wildman–Crippen LogP) is 2.03. The SMILES string of the molecule is Cc1c([C@@H](O)CN2CCN(C[C@H](O)c3ccc4c(c3C)COC4=O)CC2)ccc2c1COC2=O. The second-order valence-electron chi connectivity index (χ2n) is 9.40. The molecule has 2 aromatic rings. The van der Waals surface area contributed by atoms with Gasteiger partial charge in [0.2, 0.25) is 0 Å². The molecule has 2 atom stereocenters. The van der Waals surface area contributed by atoms with Crippen molar-refractivity contribution in [2.45, 2.75) is 39.3 Å². The summed E-state index contributed by atoms with van der Waals surface area (Å²) in [6.45, 7) is 8.61.